The molecule has 74 valence electrons. The lowest BCUT2D eigenvalue weighted by atomic mass is 9.94. The van der Waals surface area contributed by atoms with Gasteiger partial charge in [0, 0.05) is 18.7 Å². The molecule has 2 aliphatic rings. The minimum absolute atomic E-state index is 0.0271. The van der Waals surface area contributed by atoms with Gasteiger partial charge in [0.05, 0.1) is 5.54 Å². The van der Waals surface area contributed by atoms with Crippen LogP contribution in [0.3, 0.4) is 0 Å². The Bertz CT molecular complexity index is 211. The molecule has 3 heteroatoms. The minimum atomic E-state index is -0.0271. The molecule has 2 heterocycles. The Morgan fingerprint density at radius 2 is 2.46 bits per heavy atom. The summed E-state index contributed by atoms with van der Waals surface area (Å²) >= 11 is 1.94. The molecule has 0 aliphatic carbocycles. The van der Waals surface area contributed by atoms with Crippen LogP contribution in [0.4, 0.5) is 0 Å². The third kappa shape index (κ3) is 1.42. The lowest BCUT2D eigenvalue weighted by Gasteiger charge is -2.32. The van der Waals surface area contributed by atoms with E-state index in [-0.39, 0.29) is 5.54 Å². The molecular formula is C10H17NOS. The summed E-state index contributed by atoms with van der Waals surface area (Å²) in [5.41, 5.74) is -0.0271. The molecule has 2 fully saturated rings. The van der Waals surface area contributed by atoms with Crippen LogP contribution < -0.4 is 0 Å². The maximum Gasteiger partial charge on any atom is 0.155 e. The van der Waals surface area contributed by atoms with Crippen LogP contribution in [0.5, 0.6) is 0 Å². The number of nitrogens with zero attached hydrogens (tertiary/aromatic N) is 1. The van der Waals surface area contributed by atoms with Crippen LogP contribution in [0.2, 0.25) is 0 Å². The van der Waals surface area contributed by atoms with Crippen molar-refractivity contribution in [1.82, 2.24) is 4.90 Å². The fourth-order valence-electron chi connectivity index (χ4n) is 2.48. The van der Waals surface area contributed by atoms with Crippen molar-refractivity contribution in [2.75, 3.05) is 24.6 Å². The number of hydrogen-bond donors (Lipinski definition) is 0. The van der Waals surface area contributed by atoms with Crippen molar-refractivity contribution in [2.45, 2.75) is 31.7 Å². The predicted octanol–water partition coefficient (Wildman–Crippen LogP) is 1.55. The monoisotopic (exact) mass is 199 g/mol. The minimum Gasteiger partial charge on any atom is -0.298 e. The molecule has 0 amide bonds. The van der Waals surface area contributed by atoms with Gasteiger partial charge in [-0.2, -0.15) is 11.8 Å². The molecule has 0 aromatic carbocycles. The Hall–Kier alpha value is -0.0200. The van der Waals surface area contributed by atoms with Crippen LogP contribution in [0, 0.1) is 0 Å². The van der Waals surface area contributed by atoms with Crippen LogP contribution in [-0.2, 0) is 4.79 Å². The molecule has 0 bridgehead atoms. The van der Waals surface area contributed by atoms with Crippen molar-refractivity contribution in [3.63, 3.8) is 0 Å². The van der Waals surface area contributed by atoms with E-state index in [1.54, 1.807) is 0 Å². The number of thioether (sulfide) groups is 1. The lowest BCUT2D eigenvalue weighted by Crippen LogP contribution is -2.48. The van der Waals surface area contributed by atoms with E-state index in [2.05, 4.69) is 11.8 Å². The SMILES string of the molecule is CCCN1CCC(=O)C12CCSC2. The highest BCUT2D eigenvalue weighted by Gasteiger charge is 2.49. The standard InChI is InChI=1S/C10H17NOS/c1-2-5-11-6-3-9(12)10(11)4-7-13-8-10/h2-8H2,1H3. The average molecular weight is 199 g/mol. The fraction of sp³-hybridized carbons (Fsp3) is 0.900. The van der Waals surface area contributed by atoms with Crippen molar-refractivity contribution in [2.24, 2.45) is 0 Å². The Balaban J connectivity index is 2.15. The molecule has 2 aliphatic heterocycles. The Labute approximate surface area is 84.1 Å². The summed E-state index contributed by atoms with van der Waals surface area (Å²) in [5.74, 6) is 2.73. The molecule has 1 unspecified atom stereocenters. The topological polar surface area (TPSA) is 20.3 Å². The summed E-state index contributed by atoms with van der Waals surface area (Å²) < 4.78 is 0. The van der Waals surface area contributed by atoms with E-state index in [1.165, 1.54) is 12.2 Å². The van der Waals surface area contributed by atoms with Gasteiger partial charge < -0.3 is 0 Å². The molecule has 2 nitrogen and oxygen atoms in total. The predicted molar refractivity (Wildman–Crippen MR) is 56.2 cm³/mol. The number of rotatable bonds is 2. The van der Waals surface area contributed by atoms with E-state index in [1.807, 2.05) is 11.8 Å². The first-order valence-corrected chi connectivity index (χ1v) is 6.31. The quantitative estimate of drug-likeness (QED) is 0.673. The second-order valence-electron chi connectivity index (χ2n) is 3.99. The van der Waals surface area contributed by atoms with Gasteiger partial charge >= 0.3 is 0 Å². The summed E-state index contributed by atoms with van der Waals surface area (Å²) in [7, 11) is 0. The van der Waals surface area contributed by atoms with Gasteiger partial charge in [-0.05, 0) is 25.1 Å². The summed E-state index contributed by atoms with van der Waals surface area (Å²) in [6.45, 7) is 4.30. The Kier molecular flexibility index (Phi) is 2.65. The molecule has 2 rings (SSSR count). The molecule has 2 saturated heterocycles. The number of carbonyl (C=O) groups is 1. The zero-order chi connectivity index (χ0) is 9.31. The number of hydrogen-bond acceptors (Lipinski definition) is 3. The third-order valence-electron chi connectivity index (χ3n) is 3.23. The number of ketones is 1. The van der Waals surface area contributed by atoms with Gasteiger partial charge in [-0.15, -0.1) is 0 Å². The maximum atomic E-state index is 11.8. The maximum absolute atomic E-state index is 11.8. The van der Waals surface area contributed by atoms with Crippen LogP contribution in [0.15, 0.2) is 0 Å². The van der Waals surface area contributed by atoms with Crippen molar-refractivity contribution in [1.29, 1.82) is 0 Å². The molecule has 0 radical (unpaired) electrons. The Morgan fingerprint density at radius 1 is 1.62 bits per heavy atom. The van der Waals surface area contributed by atoms with E-state index in [9.17, 15) is 4.79 Å². The van der Waals surface area contributed by atoms with Crippen LogP contribution in [0.1, 0.15) is 26.2 Å². The van der Waals surface area contributed by atoms with E-state index in [0.717, 1.165) is 31.7 Å². The van der Waals surface area contributed by atoms with Gasteiger partial charge in [-0.3, -0.25) is 9.69 Å². The zero-order valence-electron chi connectivity index (χ0n) is 8.21. The van der Waals surface area contributed by atoms with Crippen molar-refractivity contribution >= 4 is 17.5 Å². The number of likely N-dealkylation sites (tertiary alicyclic amines) is 1. The fourth-order valence-corrected chi connectivity index (χ4v) is 3.93. The van der Waals surface area contributed by atoms with Crippen molar-refractivity contribution in [3.05, 3.63) is 0 Å². The van der Waals surface area contributed by atoms with E-state index < -0.39 is 0 Å². The zero-order valence-corrected chi connectivity index (χ0v) is 9.03. The summed E-state index contributed by atoms with van der Waals surface area (Å²) in [6.07, 6.45) is 3.05. The van der Waals surface area contributed by atoms with Gasteiger partial charge in [-0.25, -0.2) is 0 Å². The first-order valence-electron chi connectivity index (χ1n) is 5.16. The van der Waals surface area contributed by atoms with E-state index >= 15 is 0 Å². The molecule has 1 atom stereocenters. The smallest absolute Gasteiger partial charge is 0.155 e. The molecule has 0 N–H and O–H groups in total. The normalized spacial score (nSPS) is 35.0. The number of Topliss-reactive ketones (excluding diaryl/α,β-unsaturated/α-hetero) is 1. The second-order valence-corrected chi connectivity index (χ2v) is 5.10. The summed E-state index contributed by atoms with van der Waals surface area (Å²) in [6, 6.07) is 0. The van der Waals surface area contributed by atoms with Crippen LogP contribution >= 0.6 is 11.8 Å². The van der Waals surface area contributed by atoms with Gasteiger partial charge in [0.2, 0.25) is 0 Å². The largest absolute Gasteiger partial charge is 0.298 e. The van der Waals surface area contributed by atoms with Gasteiger partial charge in [0.1, 0.15) is 0 Å². The molecule has 13 heavy (non-hydrogen) atoms. The summed E-state index contributed by atoms with van der Waals surface area (Å²) in [5, 5.41) is 0. The molecule has 0 saturated carbocycles. The number of carbonyl (C=O) groups excluding carboxylic acids is 1. The van der Waals surface area contributed by atoms with Crippen molar-refractivity contribution in [3.8, 4) is 0 Å². The third-order valence-corrected chi connectivity index (χ3v) is 4.40. The first kappa shape index (κ1) is 9.53. The average Bonchev–Trinajstić information content (AvgIpc) is 2.70. The molecular weight excluding hydrogens is 182 g/mol. The van der Waals surface area contributed by atoms with Crippen LogP contribution in [0.25, 0.3) is 0 Å². The Morgan fingerprint density at radius 3 is 3.08 bits per heavy atom. The highest BCUT2D eigenvalue weighted by Crippen LogP contribution is 2.38. The van der Waals surface area contributed by atoms with Crippen LogP contribution in [-0.4, -0.2) is 40.8 Å². The molecule has 1 spiro atoms. The lowest BCUT2D eigenvalue weighted by molar-refractivity contribution is -0.124. The van der Waals surface area contributed by atoms with E-state index in [0.29, 0.717) is 5.78 Å². The van der Waals surface area contributed by atoms with E-state index in [4.69, 9.17) is 0 Å². The molecule has 0 aromatic heterocycles. The van der Waals surface area contributed by atoms with Gasteiger partial charge in [-0.1, -0.05) is 6.92 Å². The van der Waals surface area contributed by atoms with Crippen molar-refractivity contribution < 1.29 is 4.79 Å². The summed E-state index contributed by atoms with van der Waals surface area (Å²) in [4.78, 5) is 14.3. The first-order chi connectivity index (χ1) is 6.29. The molecule has 0 aromatic rings. The van der Waals surface area contributed by atoms with Gasteiger partial charge in [0.25, 0.3) is 0 Å². The second kappa shape index (κ2) is 3.62. The highest BCUT2D eigenvalue weighted by molar-refractivity contribution is 7.99. The van der Waals surface area contributed by atoms with Gasteiger partial charge in [0.15, 0.2) is 5.78 Å². The highest BCUT2D eigenvalue weighted by atomic mass is 32.2.